The van der Waals surface area contributed by atoms with Crippen LogP contribution in [0.3, 0.4) is 0 Å². The molecule has 6 heteroatoms. The Labute approximate surface area is 133 Å². The van der Waals surface area contributed by atoms with Crippen LogP contribution in [0.2, 0.25) is 0 Å². The second kappa shape index (κ2) is 7.83. The monoisotopic (exact) mass is 349 g/mol. The van der Waals surface area contributed by atoms with Crippen LogP contribution in [0.1, 0.15) is 6.42 Å². The normalized spacial score (nSPS) is 10.2. The molecule has 2 rings (SSSR count). The lowest BCUT2D eigenvalue weighted by molar-refractivity contribution is 0.813. The third-order valence-corrected chi connectivity index (χ3v) is 3.94. The molecule has 0 aliphatic carbocycles. The lowest BCUT2D eigenvalue weighted by Gasteiger charge is -2.19. The summed E-state index contributed by atoms with van der Waals surface area (Å²) in [5.41, 5.74) is 1.23. The largest absolute Gasteiger partial charge is 0.375 e. The third-order valence-electron chi connectivity index (χ3n) is 3.19. The number of nitrogens with one attached hydrogen (secondary N) is 2. The molecule has 1 heterocycles. The van der Waals surface area contributed by atoms with Crippen LogP contribution in [0.4, 0.5) is 17.3 Å². The molecule has 21 heavy (non-hydrogen) atoms. The second-order valence-electron chi connectivity index (χ2n) is 4.67. The van der Waals surface area contributed by atoms with Crippen LogP contribution in [0.25, 0.3) is 0 Å². The zero-order chi connectivity index (χ0) is 15.1. The van der Waals surface area contributed by atoms with Gasteiger partial charge in [0.2, 0.25) is 0 Å². The Morgan fingerprint density at radius 1 is 1.14 bits per heavy atom. The molecule has 0 saturated carbocycles. The van der Waals surface area contributed by atoms with Gasteiger partial charge in [-0.25, -0.2) is 9.97 Å². The average molecular weight is 350 g/mol. The van der Waals surface area contributed by atoms with Crippen LogP contribution in [0, 0.1) is 0 Å². The summed E-state index contributed by atoms with van der Waals surface area (Å²) in [5.74, 6) is 1.60. The van der Waals surface area contributed by atoms with Crippen molar-refractivity contribution in [3.05, 3.63) is 41.1 Å². The van der Waals surface area contributed by atoms with E-state index in [9.17, 15) is 0 Å². The van der Waals surface area contributed by atoms with Gasteiger partial charge in [-0.05, 0) is 34.5 Å². The van der Waals surface area contributed by atoms with Gasteiger partial charge in [0.25, 0.3) is 0 Å². The highest BCUT2D eigenvalue weighted by Crippen LogP contribution is 2.25. The van der Waals surface area contributed by atoms with Gasteiger partial charge in [-0.3, -0.25) is 0 Å². The van der Waals surface area contributed by atoms with E-state index in [4.69, 9.17) is 0 Å². The number of aromatic nitrogens is 2. The van der Waals surface area contributed by atoms with Crippen molar-refractivity contribution in [3.63, 3.8) is 0 Å². The van der Waals surface area contributed by atoms with E-state index in [0.29, 0.717) is 0 Å². The van der Waals surface area contributed by atoms with Gasteiger partial charge in [0.1, 0.15) is 22.4 Å². The van der Waals surface area contributed by atoms with Crippen molar-refractivity contribution in [1.29, 1.82) is 0 Å². The zero-order valence-corrected chi connectivity index (χ0v) is 13.9. The standard InChI is InChI=1S/C15H20BrN5/c1-17-14-13(16)15(20-11-19-14)18-9-6-10-21(2)12-7-4-3-5-8-12/h3-5,7-8,11H,6,9-10H2,1-2H3,(H2,17,18,19,20). The van der Waals surface area contributed by atoms with Crippen molar-refractivity contribution in [2.75, 3.05) is 42.7 Å². The number of nitrogens with zero attached hydrogens (tertiary/aromatic N) is 3. The molecule has 0 radical (unpaired) electrons. The minimum Gasteiger partial charge on any atom is -0.375 e. The fourth-order valence-corrected chi connectivity index (χ4v) is 2.55. The highest BCUT2D eigenvalue weighted by Gasteiger charge is 2.06. The topological polar surface area (TPSA) is 53.1 Å². The van der Waals surface area contributed by atoms with Gasteiger partial charge < -0.3 is 15.5 Å². The van der Waals surface area contributed by atoms with Crippen LogP contribution in [-0.2, 0) is 0 Å². The maximum absolute atomic E-state index is 4.24. The van der Waals surface area contributed by atoms with Crippen LogP contribution in [0.15, 0.2) is 41.1 Å². The number of halogens is 1. The van der Waals surface area contributed by atoms with Crippen molar-refractivity contribution >= 4 is 33.3 Å². The van der Waals surface area contributed by atoms with Crippen molar-refractivity contribution in [2.45, 2.75) is 6.42 Å². The molecule has 0 saturated heterocycles. The molecule has 0 spiro atoms. The Morgan fingerprint density at radius 2 is 1.86 bits per heavy atom. The van der Waals surface area contributed by atoms with E-state index in [1.807, 2.05) is 13.1 Å². The predicted molar refractivity (Wildman–Crippen MR) is 92.1 cm³/mol. The predicted octanol–water partition coefficient (Wildman–Crippen LogP) is 3.22. The maximum Gasteiger partial charge on any atom is 0.145 e. The number of anilines is 3. The molecule has 0 aliphatic rings. The van der Waals surface area contributed by atoms with Crippen molar-refractivity contribution in [3.8, 4) is 0 Å². The second-order valence-corrected chi connectivity index (χ2v) is 5.47. The van der Waals surface area contributed by atoms with Gasteiger partial charge in [0.15, 0.2) is 0 Å². The van der Waals surface area contributed by atoms with E-state index >= 15 is 0 Å². The summed E-state index contributed by atoms with van der Waals surface area (Å²) in [4.78, 5) is 10.6. The minimum atomic E-state index is 0.786. The Balaban J connectivity index is 1.80. The summed E-state index contributed by atoms with van der Waals surface area (Å²) in [6.45, 7) is 1.84. The first-order valence-electron chi connectivity index (χ1n) is 6.90. The molecule has 0 unspecified atom stereocenters. The number of hydrogen-bond donors (Lipinski definition) is 2. The third kappa shape index (κ3) is 4.32. The van der Waals surface area contributed by atoms with Gasteiger partial charge >= 0.3 is 0 Å². The van der Waals surface area contributed by atoms with Crippen LogP contribution < -0.4 is 15.5 Å². The zero-order valence-electron chi connectivity index (χ0n) is 12.3. The first-order valence-corrected chi connectivity index (χ1v) is 7.70. The molecule has 0 bridgehead atoms. The molecular formula is C15H20BrN5. The maximum atomic E-state index is 4.24. The Hall–Kier alpha value is -1.82. The smallest absolute Gasteiger partial charge is 0.145 e. The van der Waals surface area contributed by atoms with Gasteiger partial charge in [0.05, 0.1) is 0 Å². The first-order chi connectivity index (χ1) is 10.2. The number of hydrogen-bond acceptors (Lipinski definition) is 5. The fraction of sp³-hybridized carbons (Fsp3) is 0.333. The fourth-order valence-electron chi connectivity index (χ4n) is 2.00. The lowest BCUT2D eigenvalue weighted by Crippen LogP contribution is -2.21. The van der Waals surface area contributed by atoms with Gasteiger partial charge in [0, 0.05) is 32.9 Å². The van der Waals surface area contributed by atoms with Crippen molar-refractivity contribution in [1.82, 2.24) is 9.97 Å². The molecule has 2 N–H and O–H groups in total. The molecule has 5 nitrogen and oxygen atoms in total. The van der Waals surface area contributed by atoms with Crippen LogP contribution >= 0.6 is 15.9 Å². The Morgan fingerprint density at radius 3 is 2.57 bits per heavy atom. The van der Waals surface area contributed by atoms with Gasteiger partial charge in [-0.2, -0.15) is 0 Å². The van der Waals surface area contributed by atoms with E-state index in [0.717, 1.165) is 35.6 Å². The number of rotatable bonds is 7. The van der Waals surface area contributed by atoms with Gasteiger partial charge in [-0.15, -0.1) is 0 Å². The van der Waals surface area contributed by atoms with E-state index < -0.39 is 0 Å². The molecule has 1 aromatic carbocycles. The van der Waals surface area contributed by atoms with Crippen molar-refractivity contribution < 1.29 is 0 Å². The molecule has 2 aromatic rings. The quantitative estimate of drug-likeness (QED) is 0.751. The molecule has 0 atom stereocenters. The lowest BCUT2D eigenvalue weighted by atomic mass is 10.3. The summed E-state index contributed by atoms with van der Waals surface area (Å²) in [7, 11) is 3.95. The summed E-state index contributed by atoms with van der Waals surface area (Å²) >= 11 is 3.50. The van der Waals surface area contributed by atoms with Crippen LogP contribution in [0.5, 0.6) is 0 Å². The van der Waals surface area contributed by atoms with E-state index in [-0.39, 0.29) is 0 Å². The SMILES string of the molecule is CNc1ncnc(NCCCN(C)c2ccccc2)c1Br. The highest BCUT2D eigenvalue weighted by molar-refractivity contribution is 9.10. The summed E-state index contributed by atoms with van der Waals surface area (Å²) in [6, 6.07) is 10.4. The van der Waals surface area contributed by atoms with E-state index in [2.05, 4.69) is 72.7 Å². The van der Waals surface area contributed by atoms with Gasteiger partial charge in [-0.1, -0.05) is 18.2 Å². The van der Waals surface area contributed by atoms with E-state index in [1.165, 1.54) is 5.69 Å². The first kappa shape index (κ1) is 15.6. The Kier molecular flexibility index (Phi) is 5.80. The molecule has 112 valence electrons. The average Bonchev–Trinajstić information content (AvgIpc) is 2.53. The highest BCUT2D eigenvalue weighted by atomic mass is 79.9. The summed E-state index contributed by atoms with van der Waals surface area (Å²) in [6.07, 6.45) is 2.58. The molecular weight excluding hydrogens is 330 g/mol. The molecule has 1 aromatic heterocycles. The summed E-state index contributed by atoms with van der Waals surface area (Å²) < 4.78 is 0.865. The summed E-state index contributed by atoms with van der Waals surface area (Å²) in [5, 5.41) is 6.35. The molecule has 0 fully saturated rings. The van der Waals surface area contributed by atoms with Crippen molar-refractivity contribution in [2.24, 2.45) is 0 Å². The number of benzene rings is 1. The number of para-hydroxylation sites is 1. The minimum absolute atomic E-state index is 0.786. The van der Waals surface area contributed by atoms with E-state index in [1.54, 1.807) is 6.33 Å². The molecule has 0 aliphatic heterocycles. The van der Waals surface area contributed by atoms with Crippen LogP contribution in [-0.4, -0.2) is 37.2 Å². The molecule has 0 amide bonds. The Bertz CT molecular complexity index is 561.